The molecule has 7 heteroatoms. The number of fused-ring (bicyclic) bond motifs is 1. The summed E-state index contributed by atoms with van der Waals surface area (Å²) in [6.45, 7) is 7.75. The molecule has 1 aliphatic rings. The molecule has 164 valence electrons. The summed E-state index contributed by atoms with van der Waals surface area (Å²) in [4.78, 5) is 19.9. The second-order valence-electron chi connectivity index (χ2n) is 8.82. The number of carbonyl (C=O) groups excluding carboxylic acids is 1. The van der Waals surface area contributed by atoms with E-state index in [0.29, 0.717) is 35.9 Å². The zero-order valence-electron chi connectivity index (χ0n) is 18.9. The van der Waals surface area contributed by atoms with Crippen molar-refractivity contribution in [1.82, 2.24) is 14.5 Å². The molecule has 2 aromatic carbocycles. The number of imidazole rings is 1. The Bertz CT molecular complexity index is 1100. The van der Waals surface area contributed by atoms with Gasteiger partial charge in [0.15, 0.2) is 11.5 Å². The summed E-state index contributed by atoms with van der Waals surface area (Å²) in [5, 5.41) is 0. The second kappa shape index (κ2) is 7.80. The van der Waals surface area contributed by atoms with E-state index in [4.69, 9.17) is 19.2 Å². The van der Waals surface area contributed by atoms with E-state index in [9.17, 15) is 4.79 Å². The van der Waals surface area contributed by atoms with Crippen LogP contribution in [0.1, 0.15) is 43.0 Å². The minimum Gasteiger partial charge on any atom is -0.493 e. The third kappa shape index (κ3) is 3.58. The Balaban J connectivity index is 1.61. The lowest BCUT2D eigenvalue weighted by molar-refractivity contribution is 0.0517. The molecular formula is C24H29N3O4. The number of likely N-dealkylation sites (tertiary alicyclic amines) is 1. The van der Waals surface area contributed by atoms with Crippen LogP contribution in [0.3, 0.4) is 0 Å². The molecular weight excluding hydrogens is 394 g/mol. The number of rotatable bonds is 5. The number of benzene rings is 2. The highest BCUT2D eigenvalue weighted by atomic mass is 16.5. The topological polar surface area (TPSA) is 65.8 Å². The molecule has 7 nitrogen and oxygen atoms in total. The number of para-hydroxylation sites is 2. The first kappa shape index (κ1) is 21.0. The van der Waals surface area contributed by atoms with Gasteiger partial charge in [-0.15, -0.1) is 0 Å². The second-order valence-corrected chi connectivity index (χ2v) is 8.82. The first-order valence-corrected chi connectivity index (χ1v) is 10.3. The smallest absolute Gasteiger partial charge is 0.254 e. The Kier molecular flexibility index (Phi) is 5.29. The Morgan fingerprint density at radius 3 is 2.16 bits per heavy atom. The molecule has 31 heavy (non-hydrogen) atoms. The van der Waals surface area contributed by atoms with Crippen LogP contribution in [0.25, 0.3) is 11.0 Å². The largest absolute Gasteiger partial charge is 0.493 e. The van der Waals surface area contributed by atoms with Crippen molar-refractivity contribution in [3.05, 3.63) is 47.8 Å². The Labute approximate surface area is 182 Å². The molecule has 1 aromatic heterocycles. The maximum absolute atomic E-state index is 13.2. The van der Waals surface area contributed by atoms with E-state index in [2.05, 4.69) is 31.4 Å². The van der Waals surface area contributed by atoms with Crippen LogP contribution in [0.4, 0.5) is 0 Å². The van der Waals surface area contributed by atoms with Crippen LogP contribution in [0.2, 0.25) is 0 Å². The third-order valence-electron chi connectivity index (χ3n) is 5.69. The number of hydrogen-bond acceptors (Lipinski definition) is 5. The van der Waals surface area contributed by atoms with Gasteiger partial charge in [0.1, 0.15) is 5.82 Å². The van der Waals surface area contributed by atoms with Gasteiger partial charge in [0.25, 0.3) is 5.91 Å². The van der Waals surface area contributed by atoms with Crippen molar-refractivity contribution >= 4 is 16.9 Å². The lowest BCUT2D eigenvalue weighted by Gasteiger charge is -2.42. The summed E-state index contributed by atoms with van der Waals surface area (Å²) in [5.41, 5.74) is 2.51. The lowest BCUT2D eigenvalue weighted by Crippen LogP contribution is -2.51. The summed E-state index contributed by atoms with van der Waals surface area (Å²) in [7, 11) is 4.64. The molecule has 0 unspecified atom stereocenters. The Morgan fingerprint density at radius 1 is 1.00 bits per heavy atom. The zero-order valence-corrected chi connectivity index (χ0v) is 18.9. The van der Waals surface area contributed by atoms with Crippen molar-refractivity contribution in [2.24, 2.45) is 0 Å². The number of methoxy groups -OCH3 is 3. The number of aromatic nitrogens is 2. The van der Waals surface area contributed by atoms with Gasteiger partial charge in [-0.05, 0) is 24.3 Å². The zero-order chi connectivity index (χ0) is 22.3. The minimum atomic E-state index is -0.0971. The summed E-state index contributed by atoms with van der Waals surface area (Å²) in [5.74, 6) is 2.40. The summed E-state index contributed by atoms with van der Waals surface area (Å²) in [6.07, 6.45) is 0. The van der Waals surface area contributed by atoms with Crippen LogP contribution in [-0.2, 0) is 5.41 Å². The molecule has 0 aliphatic carbocycles. The van der Waals surface area contributed by atoms with Crippen LogP contribution < -0.4 is 14.2 Å². The Hall–Kier alpha value is -3.22. The molecule has 0 N–H and O–H groups in total. The van der Waals surface area contributed by atoms with E-state index >= 15 is 0 Å². The van der Waals surface area contributed by atoms with Gasteiger partial charge in [0.2, 0.25) is 5.75 Å². The van der Waals surface area contributed by atoms with Gasteiger partial charge in [-0.1, -0.05) is 32.9 Å². The highest BCUT2D eigenvalue weighted by molar-refractivity contribution is 5.96. The van der Waals surface area contributed by atoms with Crippen LogP contribution in [-0.4, -0.2) is 54.8 Å². The van der Waals surface area contributed by atoms with Gasteiger partial charge in [0.05, 0.1) is 38.4 Å². The highest BCUT2D eigenvalue weighted by Crippen LogP contribution is 2.39. The molecule has 0 radical (unpaired) electrons. The summed E-state index contributed by atoms with van der Waals surface area (Å²) < 4.78 is 18.4. The van der Waals surface area contributed by atoms with E-state index in [1.807, 2.05) is 23.1 Å². The van der Waals surface area contributed by atoms with Crippen molar-refractivity contribution in [2.45, 2.75) is 32.2 Å². The quantitative estimate of drug-likeness (QED) is 0.619. The predicted molar refractivity (Wildman–Crippen MR) is 119 cm³/mol. The van der Waals surface area contributed by atoms with E-state index in [-0.39, 0.29) is 17.4 Å². The maximum atomic E-state index is 13.2. The SMILES string of the molecule is COc1cc(C(=O)N2CC(n3c(C(C)(C)C)nc4ccccc43)C2)cc(OC)c1OC. The average molecular weight is 424 g/mol. The Morgan fingerprint density at radius 2 is 1.61 bits per heavy atom. The van der Waals surface area contributed by atoms with Gasteiger partial charge < -0.3 is 23.7 Å². The monoisotopic (exact) mass is 423 g/mol. The van der Waals surface area contributed by atoms with Crippen LogP contribution in [0, 0.1) is 0 Å². The average Bonchev–Trinajstić information content (AvgIpc) is 3.11. The van der Waals surface area contributed by atoms with Gasteiger partial charge in [-0.3, -0.25) is 4.79 Å². The van der Waals surface area contributed by atoms with E-state index in [0.717, 1.165) is 16.9 Å². The van der Waals surface area contributed by atoms with Crippen molar-refractivity contribution in [3.8, 4) is 17.2 Å². The van der Waals surface area contributed by atoms with Crippen molar-refractivity contribution in [1.29, 1.82) is 0 Å². The van der Waals surface area contributed by atoms with Gasteiger partial charge in [-0.2, -0.15) is 0 Å². The molecule has 0 atom stereocenters. The number of nitrogens with zero attached hydrogens (tertiary/aromatic N) is 3. The number of hydrogen-bond donors (Lipinski definition) is 0. The molecule has 1 amide bonds. The number of carbonyl (C=O) groups is 1. The molecule has 0 spiro atoms. The number of amides is 1. The van der Waals surface area contributed by atoms with Crippen molar-refractivity contribution in [2.75, 3.05) is 34.4 Å². The van der Waals surface area contributed by atoms with E-state index in [1.165, 1.54) is 0 Å². The van der Waals surface area contributed by atoms with Crippen LogP contribution in [0.5, 0.6) is 17.2 Å². The normalized spacial score (nSPS) is 14.5. The molecule has 1 fully saturated rings. The molecule has 3 aromatic rings. The van der Waals surface area contributed by atoms with Crippen LogP contribution >= 0.6 is 0 Å². The predicted octanol–water partition coefficient (Wildman–Crippen LogP) is 4.06. The van der Waals surface area contributed by atoms with Crippen molar-refractivity contribution in [3.63, 3.8) is 0 Å². The van der Waals surface area contributed by atoms with Crippen LogP contribution in [0.15, 0.2) is 36.4 Å². The highest BCUT2D eigenvalue weighted by Gasteiger charge is 2.37. The fourth-order valence-corrected chi connectivity index (χ4v) is 4.11. The number of ether oxygens (including phenoxy) is 3. The van der Waals surface area contributed by atoms with E-state index in [1.54, 1.807) is 33.5 Å². The molecule has 4 rings (SSSR count). The molecule has 0 bridgehead atoms. The molecule has 1 aliphatic heterocycles. The molecule has 1 saturated heterocycles. The molecule has 0 saturated carbocycles. The fraction of sp³-hybridized carbons (Fsp3) is 0.417. The first-order chi connectivity index (χ1) is 14.8. The van der Waals surface area contributed by atoms with Gasteiger partial charge in [0, 0.05) is 24.1 Å². The lowest BCUT2D eigenvalue weighted by atomic mass is 9.94. The van der Waals surface area contributed by atoms with E-state index < -0.39 is 0 Å². The summed E-state index contributed by atoms with van der Waals surface area (Å²) in [6, 6.07) is 11.8. The minimum absolute atomic E-state index is 0.0581. The third-order valence-corrected chi connectivity index (χ3v) is 5.69. The molecule has 2 heterocycles. The fourth-order valence-electron chi connectivity index (χ4n) is 4.11. The maximum Gasteiger partial charge on any atom is 0.254 e. The summed E-state index contributed by atoms with van der Waals surface area (Å²) >= 11 is 0. The van der Waals surface area contributed by atoms with Crippen molar-refractivity contribution < 1.29 is 19.0 Å². The standard InChI is InChI=1S/C24H29N3O4/c1-24(2,3)23-25-17-9-7-8-10-18(17)27(23)16-13-26(14-16)22(28)15-11-19(29-4)21(31-6)20(12-15)30-5/h7-12,16H,13-14H2,1-6H3. The van der Waals surface area contributed by atoms with Gasteiger partial charge >= 0.3 is 0 Å². The van der Waals surface area contributed by atoms with Gasteiger partial charge in [-0.25, -0.2) is 4.98 Å². The first-order valence-electron chi connectivity index (χ1n) is 10.3.